The molecule has 0 aliphatic rings. The van der Waals surface area contributed by atoms with Crippen molar-refractivity contribution in [3.8, 4) is 0 Å². The summed E-state index contributed by atoms with van der Waals surface area (Å²) in [7, 11) is 0. The standard InChI is InChI=1S/C10H9Cl2N7O2/c1-5-15-17-10(18(5)13)16-14-4-6-7(11)2-3-8(9(6)12)19(20)21/h2-4H,13H2,1H3,(H,16,17)/b14-4-. The Bertz CT molecular complexity index is 728. The largest absolute Gasteiger partial charge is 0.335 e. The molecule has 0 aliphatic carbocycles. The van der Waals surface area contributed by atoms with Crippen LogP contribution in [-0.2, 0) is 0 Å². The number of nitrogens with one attached hydrogen (secondary N) is 1. The lowest BCUT2D eigenvalue weighted by molar-refractivity contribution is -0.384. The molecule has 0 radical (unpaired) electrons. The highest BCUT2D eigenvalue weighted by atomic mass is 35.5. The van der Waals surface area contributed by atoms with Crippen LogP contribution >= 0.6 is 23.2 Å². The van der Waals surface area contributed by atoms with Gasteiger partial charge < -0.3 is 5.84 Å². The van der Waals surface area contributed by atoms with Crippen molar-refractivity contribution in [1.29, 1.82) is 0 Å². The van der Waals surface area contributed by atoms with Crippen LogP contribution in [0.2, 0.25) is 10.0 Å². The number of aromatic nitrogens is 3. The number of halogens is 2. The zero-order valence-electron chi connectivity index (χ0n) is 10.6. The SMILES string of the molecule is Cc1nnc(N/N=C\c2c(Cl)ccc([N+](=O)[O-])c2Cl)n1N. The average Bonchev–Trinajstić information content (AvgIpc) is 2.73. The molecular weight excluding hydrogens is 321 g/mol. The molecule has 9 nitrogen and oxygen atoms in total. The third-order valence-corrected chi connectivity index (χ3v) is 3.25. The molecule has 0 amide bonds. The van der Waals surface area contributed by atoms with Gasteiger partial charge in [0.25, 0.3) is 11.6 Å². The normalized spacial score (nSPS) is 11.0. The second-order valence-electron chi connectivity index (χ2n) is 3.86. The smallest absolute Gasteiger partial charge is 0.288 e. The van der Waals surface area contributed by atoms with Gasteiger partial charge in [-0.2, -0.15) is 5.10 Å². The van der Waals surface area contributed by atoms with Crippen LogP contribution in [0.25, 0.3) is 0 Å². The predicted octanol–water partition coefficient (Wildman–Crippen LogP) is 1.96. The van der Waals surface area contributed by atoms with Crippen molar-refractivity contribution < 1.29 is 4.92 Å². The Morgan fingerprint density at radius 1 is 1.48 bits per heavy atom. The van der Waals surface area contributed by atoms with Gasteiger partial charge in [0.2, 0.25) is 0 Å². The van der Waals surface area contributed by atoms with E-state index in [1.807, 2.05) is 0 Å². The van der Waals surface area contributed by atoms with Gasteiger partial charge in [0.15, 0.2) is 5.82 Å². The summed E-state index contributed by atoms with van der Waals surface area (Å²) < 4.78 is 1.19. The fourth-order valence-electron chi connectivity index (χ4n) is 1.42. The molecule has 0 saturated heterocycles. The van der Waals surface area contributed by atoms with Crippen molar-refractivity contribution in [3.05, 3.63) is 43.7 Å². The number of anilines is 1. The number of hydrogen-bond donors (Lipinski definition) is 2. The van der Waals surface area contributed by atoms with E-state index in [1.54, 1.807) is 6.92 Å². The van der Waals surface area contributed by atoms with Gasteiger partial charge in [0.1, 0.15) is 5.02 Å². The van der Waals surface area contributed by atoms with E-state index < -0.39 is 4.92 Å². The van der Waals surface area contributed by atoms with Crippen molar-refractivity contribution in [2.45, 2.75) is 6.92 Å². The van der Waals surface area contributed by atoms with Gasteiger partial charge in [-0.3, -0.25) is 10.1 Å². The van der Waals surface area contributed by atoms with Gasteiger partial charge >= 0.3 is 0 Å². The Balaban J connectivity index is 2.27. The molecule has 3 N–H and O–H groups in total. The molecule has 1 heterocycles. The van der Waals surface area contributed by atoms with Gasteiger partial charge in [0, 0.05) is 11.6 Å². The zero-order chi connectivity index (χ0) is 15.6. The second-order valence-corrected chi connectivity index (χ2v) is 4.65. The highest BCUT2D eigenvalue weighted by Gasteiger charge is 2.17. The number of nitrogens with two attached hydrogens (primary N) is 1. The average molecular weight is 330 g/mol. The molecule has 0 unspecified atom stereocenters. The number of rotatable bonds is 4. The van der Waals surface area contributed by atoms with Gasteiger partial charge in [-0.1, -0.05) is 23.2 Å². The first kappa shape index (κ1) is 15.0. The number of aryl methyl sites for hydroxylation is 1. The van der Waals surface area contributed by atoms with Gasteiger partial charge in [-0.05, 0) is 13.0 Å². The van der Waals surface area contributed by atoms with Crippen LogP contribution in [-0.4, -0.2) is 26.0 Å². The van der Waals surface area contributed by atoms with Crippen LogP contribution in [0.4, 0.5) is 11.6 Å². The summed E-state index contributed by atoms with van der Waals surface area (Å²) in [6.07, 6.45) is 1.24. The first-order chi connectivity index (χ1) is 9.91. The van der Waals surface area contributed by atoms with Crippen molar-refractivity contribution in [2.75, 3.05) is 11.3 Å². The fourth-order valence-corrected chi connectivity index (χ4v) is 1.95. The van der Waals surface area contributed by atoms with Crippen LogP contribution in [0, 0.1) is 17.0 Å². The minimum atomic E-state index is -0.608. The Kier molecular flexibility index (Phi) is 4.24. The number of nitrogens with zero attached hydrogens (tertiary/aromatic N) is 5. The highest BCUT2D eigenvalue weighted by molar-refractivity contribution is 6.40. The van der Waals surface area contributed by atoms with E-state index in [4.69, 9.17) is 29.0 Å². The lowest BCUT2D eigenvalue weighted by Crippen LogP contribution is -2.13. The summed E-state index contributed by atoms with van der Waals surface area (Å²) in [5.41, 5.74) is 2.48. The summed E-state index contributed by atoms with van der Waals surface area (Å²) in [6, 6.07) is 2.58. The first-order valence-electron chi connectivity index (χ1n) is 5.50. The van der Waals surface area contributed by atoms with Crippen LogP contribution in [0.15, 0.2) is 17.2 Å². The van der Waals surface area contributed by atoms with Crippen molar-refractivity contribution >= 4 is 41.1 Å². The number of nitro groups is 1. The summed E-state index contributed by atoms with van der Waals surface area (Å²) in [5.74, 6) is 6.30. The van der Waals surface area contributed by atoms with Crippen LogP contribution in [0.1, 0.15) is 11.4 Å². The van der Waals surface area contributed by atoms with Gasteiger partial charge in [-0.25, -0.2) is 10.1 Å². The quantitative estimate of drug-likeness (QED) is 0.382. The summed E-state index contributed by atoms with van der Waals surface area (Å²) >= 11 is 11.9. The molecule has 0 bridgehead atoms. The minimum Gasteiger partial charge on any atom is -0.335 e. The highest BCUT2D eigenvalue weighted by Crippen LogP contribution is 2.31. The molecule has 11 heteroatoms. The molecule has 1 aromatic carbocycles. The third kappa shape index (κ3) is 3.03. The molecule has 0 atom stereocenters. The first-order valence-corrected chi connectivity index (χ1v) is 6.26. The number of benzene rings is 1. The van der Waals surface area contributed by atoms with E-state index in [0.29, 0.717) is 5.82 Å². The summed E-state index contributed by atoms with van der Waals surface area (Å²) in [4.78, 5) is 10.2. The fraction of sp³-hybridized carbons (Fsp3) is 0.100. The van der Waals surface area contributed by atoms with Crippen molar-refractivity contribution in [2.24, 2.45) is 5.10 Å². The molecule has 1 aromatic heterocycles. The maximum absolute atomic E-state index is 10.8. The molecule has 0 saturated carbocycles. The van der Waals surface area contributed by atoms with Gasteiger partial charge in [0.05, 0.1) is 16.2 Å². The monoisotopic (exact) mass is 329 g/mol. The van der Waals surface area contributed by atoms with Gasteiger partial charge in [-0.15, -0.1) is 10.2 Å². The lowest BCUT2D eigenvalue weighted by atomic mass is 10.2. The number of nitrogen functional groups attached to an aromatic ring is 1. The Labute approximate surface area is 128 Å². The number of hydrazone groups is 1. The lowest BCUT2D eigenvalue weighted by Gasteiger charge is -2.03. The second kappa shape index (κ2) is 5.94. The summed E-state index contributed by atoms with van der Waals surface area (Å²) in [5, 5.41) is 22.2. The zero-order valence-corrected chi connectivity index (χ0v) is 12.1. The molecule has 0 aliphatic heterocycles. The van der Waals surface area contributed by atoms with E-state index in [9.17, 15) is 10.1 Å². The maximum Gasteiger partial charge on any atom is 0.288 e. The topological polar surface area (TPSA) is 124 Å². The minimum absolute atomic E-state index is 0.108. The van der Waals surface area contributed by atoms with E-state index in [-0.39, 0.29) is 27.2 Å². The molecule has 0 spiro atoms. The van der Waals surface area contributed by atoms with E-state index in [2.05, 4.69) is 20.7 Å². The molecule has 2 rings (SSSR count). The maximum atomic E-state index is 10.8. The molecule has 2 aromatic rings. The third-order valence-electron chi connectivity index (χ3n) is 2.53. The molecule has 110 valence electrons. The van der Waals surface area contributed by atoms with E-state index >= 15 is 0 Å². The number of hydrogen-bond acceptors (Lipinski definition) is 7. The van der Waals surface area contributed by atoms with Crippen molar-refractivity contribution in [3.63, 3.8) is 0 Å². The Hall–Kier alpha value is -2.39. The Morgan fingerprint density at radius 3 is 2.76 bits per heavy atom. The van der Waals surface area contributed by atoms with E-state index in [0.717, 1.165) is 0 Å². The summed E-state index contributed by atoms with van der Waals surface area (Å²) in [6.45, 7) is 1.66. The molecular formula is C10H9Cl2N7O2. The van der Waals surface area contributed by atoms with Crippen LogP contribution < -0.4 is 11.3 Å². The van der Waals surface area contributed by atoms with Crippen LogP contribution in [0.3, 0.4) is 0 Å². The van der Waals surface area contributed by atoms with Crippen molar-refractivity contribution in [1.82, 2.24) is 14.9 Å². The molecule has 0 fully saturated rings. The van der Waals surface area contributed by atoms with Crippen LogP contribution in [0.5, 0.6) is 0 Å². The Morgan fingerprint density at radius 2 is 2.19 bits per heavy atom. The predicted molar refractivity (Wildman–Crippen MR) is 79.2 cm³/mol. The molecule has 21 heavy (non-hydrogen) atoms. The van der Waals surface area contributed by atoms with E-state index in [1.165, 1.54) is 23.0 Å². The number of nitro benzene ring substituents is 1.